The normalized spacial score (nSPS) is 16.8. The van der Waals surface area contributed by atoms with Crippen LogP contribution in [0.5, 0.6) is 34.5 Å². The van der Waals surface area contributed by atoms with Crippen molar-refractivity contribution in [1.82, 2.24) is 4.98 Å². The van der Waals surface area contributed by atoms with Gasteiger partial charge in [-0.15, -0.1) is 0 Å². The van der Waals surface area contributed by atoms with E-state index in [1.54, 1.807) is 59.9 Å². The smallest absolute Gasteiger partial charge is 0.330 e. The van der Waals surface area contributed by atoms with Crippen molar-refractivity contribution >= 4 is 56.8 Å². The van der Waals surface area contributed by atoms with Gasteiger partial charge in [0.15, 0.2) is 0 Å². The number of anilines is 1. The molecule has 5 aromatic rings. The Morgan fingerprint density at radius 2 is 1.02 bits per heavy atom. The average molecular weight is 1180 g/mol. The van der Waals surface area contributed by atoms with E-state index >= 15 is 0 Å². The quantitative estimate of drug-likeness (QED) is 0.00899. The van der Waals surface area contributed by atoms with Gasteiger partial charge in [0.2, 0.25) is 5.13 Å². The Morgan fingerprint density at radius 3 is 1.52 bits per heavy atom. The maximum Gasteiger partial charge on any atom is 0.330 e. The second-order valence-corrected chi connectivity index (χ2v) is 21.1. The third-order valence-corrected chi connectivity index (χ3v) is 15.0. The number of hydrogen-bond donors (Lipinski definition) is 0. The maximum atomic E-state index is 13.3. The Balaban J connectivity index is 0.841. The van der Waals surface area contributed by atoms with Crippen molar-refractivity contribution in [3.63, 3.8) is 0 Å². The highest BCUT2D eigenvalue weighted by molar-refractivity contribution is 7.22. The maximum absolute atomic E-state index is 13.3. The number of para-hydroxylation sites is 1. The van der Waals surface area contributed by atoms with E-state index in [-0.39, 0.29) is 62.0 Å². The monoisotopic (exact) mass is 1180 g/mol. The first-order valence-corrected chi connectivity index (χ1v) is 29.8. The number of esters is 4. The Bertz CT molecular complexity index is 2800. The summed E-state index contributed by atoms with van der Waals surface area (Å²) >= 11 is 1.61. The molecule has 84 heavy (non-hydrogen) atoms. The molecule has 0 N–H and O–H groups in total. The van der Waals surface area contributed by atoms with Gasteiger partial charge in [-0.2, -0.15) is 5.10 Å². The second-order valence-electron chi connectivity index (χ2n) is 20.1. The zero-order chi connectivity index (χ0) is 59.0. The first-order chi connectivity index (χ1) is 41.2. The van der Waals surface area contributed by atoms with E-state index in [0.29, 0.717) is 133 Å². The van der Waals surface area contributed by atoms with Gasteiger partial charge in [-0.25, -0.2) is 19.6 Å². The predicted octanol–water partition coefficient (Wildman–Crippen LogP) is 10.8. The van der Waals surface area contributed by atoms with Crippen LogP contribution in [-0.2, 0) is 47.6 Å². The molecule has 7 rings (SSSR count). The summed E-state index contributed by atoms with van der Waals surface area (Å²) in [5, 5.41) is 7.80. The average Bonchev–Trinajstić information content (AvgIpc) is 4.17. The Kier molecular flexibility index (Phi) is 27.8. The van der Waals surface area contributed by atoms with E-state index in [4.69, 9.17) is 66.9 Å². The largest absolute Gasteiger partial charge is 0.493 e. The molecule has 2 saturated carbocycles. The molecule has 2 fully saturated rings. The molecule has 2 aliphatic carbocycles. The van der Waals surface area contributed by atoms with Gasteiger partial charge < -0.3 is 56.8 Å². The van der Waals surface area contributed by atoms with Crippen LogP contribution in [-0.4, -0.2) is 134 Å². The molecule has 1 aromatic heterocycles. The van der Waals surface area contributed by atoms with E-state index in [2.05, 4.69) is 26.1 Å². The lowest BCUT2D eigenvalue weighted by Gasteiger charge is -2.28. The molecule has 20 heteroatoms. The van der Waals surface area contributed by atoms with Crippen LogP contribution in [0.2, 0.25) is 0 Å². The fourth-order valence-corrected chi connectivity index (χ4v) is 10.2. The van der Waals surface area contributed by atoms with Crippen LogP contribution in [0.4, 0.5) is 5.13 Å². The van der Waals surface area contributed by atoms with Crippen molar-refractivity contribution in [2.45, 2.75) is 71.1 Å². The van der Waals surface area contributed by atoms with Gasteiger partial charge in [0.05, 0.1) is 94.3 Å². The summed E-state index contributed by atoms with van der Waals surface area (Å²) in [7, 11) is 0. The molecule has 19 nitrogen and oxygen atoms in total. The predicted molar refractivity (Wildman–Crippen MR) is 319 cm³/mol. The number of unbranched alkanes of at least 4 members (excludes halogenated alkanes) is 1. The minimum absolute atomic E-state index is 0.158. The number of aromatic nitrogens is 1. The van der Waals surface area contributed by atoms with Gasteiger partial charge in [0.1, 0.15) is 60.9 Å². The number of benzene rings is 4. The van der Waals surface area contributed by atoms with Gasteiger partial charge in [0.25, 0.3) is 0 Å². The SMILES string of the molecule is C=CC(=O)OCCOCCOCCOc1ccc(OC(=O)C2CCC(COc3ccc(OCC4CCC(C(=O)Oc5ccc(OCCOCCOCCOC(=O)C=C)cc5)CC4)c(/C=N/N(CCCC)c4nc5ccccc5s4)c3)CC2)cc1. The van der Waals surface area contributed by atoms with E-state index in [1.165, 1.54) is 0 Å². The van der Waals surface area contributed by atoms with Crippen molar-refractivity contribution < 1.29 is 76.0 Å². The van der Waals surface area contributed by atoms with Crippen LogP contribution >= 0.6 is 11.3 Å². The van der Waals surface area contributed by atoms with Crippen LogP contribution in [0, 0.1) is 23.7 Å². The van der Waals surface area contributed by atoms with Crippen molar-refractivity contribution in [1.29, 1.82) is 0 Å². The number of rotatable bonds is 38. The van der Waals surface area contributed by atoms with Gasteiger partial charge in [-0.05, 0) is 148 Å². The molecule has 0 bridgehead atoms. The number of nitrogens with zero attached hydrogens (tertiary/aromatic N) is 3. The first-order valence-electron chi connectivity index (χ1n) is 29.0. The fraction of sp³-hybridized carbons (Fsp3) is 0.469. The summed E-state index contributed by atoms with van der Waals surface area (Å²) in [6.07, 6.45) is 12.1. The van der Waals surface area contributed by atoms with Crippen LogP contribution in [0.15, 0.2) is 121 Å². The summed E-state index contributed by atoms with van der Waals surface area (Å²) < 4.78 is 68.7. The molecule has 0 unspecified atom stereocenters. The number of ether oxygens (including phenoxy) is 12. The lowest BCUT2D eigenvalue weighted by molar-refractivity contribution is -0.141. The number of hydrogen-bond acceptors (Lipinski definition) is 20. The molecule has 4 aromatic carbocycles. The minimum atomic E-state index is -0.484. The number of fused-ring (bicyclic) bond motifs is 1. The Hall–Kier alpha value is -7.36. The molecule has 0 amide bonds. The summed E-state index contributed by atoms with van der Waals surface area (Å²) in [4.78, 5) is 53.6. The molecule has 0 aliphatic heterocycles. The number of carbonyl (C=O) groups excluding carboxylic acids is 4. The highest BCUT2D eigenvalue weighted by Crippen LogP contribution is 2.35. The van der Waals surface area contributed by atoms with E-state index in [9.17, 15) is 19.2 Å². The third kappa shape index (κ3) is 22.7. The topological polar surface area (TPSA) is 208 Å². The van der Waals surface area contributed by atoms with Crippen LogP contribution in [0.25, 0.3) is 10.2 Å². The van der Waals surface area contributed by atoms with E-state index in [0.717, 1.165) is 71.6 Å². The minimum Gasteiger partial charge on any atom is -0.493 e. The highest BCUT2D eigenvalue weighted by atomic mass is 32.1. The standard InChI is InChI=1S/C64H79N3O16S/c1-4-7-30-67(64-66-57-10-8-9-11-59(57)84-64)65-44-51-43-56(80-45-47-12-16-49(17-13-47)62(70)82-54-24-20-52(21-25-54)76-39-35-72-31-33-74-37-41-78-60(68)5-2)28-29-58(51)81-46-48-14-18-50(19-15-48)63(71)83-55-26-22-53(23-27-55)77-40-36-73-32-34-75-38-42-79-61(69)6-3/h5-6,8-11,20-29,43-44,47-50H,2-4,7,12-19,30-42,45-46H2,1H3/b65-44+. The molecule has 0 radical (unpaired) electrons. The van der Waals surface area contributed by atoms with Gasteiger partial charge in [0, 0.05) is 24.3 Å². The number of hydrazone groups is 1. The van der Waals surface area contributed by atoms with E-state index < -0.39 is 11.9 Å². The van der Waals surface area contributed by atoms with Crippen molar-refractivity contribution in [3.8, 4) is 34.5 Å². The summed E-state index contributed by atoms with van der Waals surface area (Å²) in [5.74, 6) is 2.24. The molecule has 2 aliphatic rings. The summed E-state index contributed by atoms with van der Waals surface area (Å²) in [5.41, 5.74) is 1.71. The third-order valence-electron chi connectivity index (χ3n) is 14.0. The summed E-state index contributed by atoms with van der Waals surface area (Å²) in [6.45, 7) is 14.3. The van der Waals surface area contributed by atoms with Gasteiger partial charge >= 0.3 is 23.9 Å². The van der Waals surface area contributed by atoms with E-state index in [1.807, 2.05) is 47.6 Å². The zero-order valence-corrected chi connectivity index (χ0v) is 48.9. The number of thiazole rings is 1. The van der Waals surface area contributed by atoms with Crippen molar-refractivity contribution in [3.05, 3.63) is 122 Å². The lowest BCUT2D eigenvalue weighted by Crippen LogP contribution is -2.28. The van der Waals surface area contributed by atoms with Gasteiger partial charge in [-0.3, -0.25) is 9.59 Å². The first kappa shape index (κ1) is 64.2. The molecular weight excluding hydrogens is 1100 g/mol. The highest BCUT2D eigenvalue weighted by Gasteiger charge is 2.30. The zero-order valence-electron chi connectivity index (χ0n) is 48.1. The van der Waals surface area contributed by atoms with Crippen molar-refractivity contribution in [2.75, 3.05) is 104 Å². The molecule has 452 valence electrons. The molecular formula is C64H79N3O16S. The fourth-order valence-electron chi connectivity index (χ4n) is 9.22. The molecule has 0 spiro atoms. The number of carbonyl (C=O) groups is 4. The Labute approximate surface area is 496 Å². The van der Waals surface area contributed by atoms with Crippen molar-refractivity contribution in [2.24, 2.45) is 28.8 Å². The Morgan fingerprint density at radius 1 is 0.560 bits per heavy atom. The van der Waals surface area contributed by atoms with Crippen LogP contribution < -0.4 is 33.4 Å². The van der Waals surface area contributed by atoms with Crippen LogP contribution in [0.1, 0.15) is 76.7 Å². The molecule has 0 saturated heterocycles. The van der Waals surface area contributed by atoms with Gasteiger partial charge in [-0.1, -0.05) is 50.0 Å². The second kappa shape index (κ2) is 36.4. The molecule has 1 heterocycles. The molecule has 0 atom stereocenters. The summed E-state index contributed by atoms with van der Waals surface area (Å²) in [6, 6.07) is 27.9. The van der Waals surface area contributed by atoms with Crippen LogP contribution in [0.3, 0.4) is 0 Å². The lowest BCUT2D eigenvalue weighted by atomic mass is 9.82.